The second-order valence-corrected chi connectivity index (χ2v) is 3.83. The van der Waals surface area contributed by atoms with Gasteiger partial charge in [-0.05, 0) is 12.8 Å². The van der Waals surface area contributed by atoms with Gasteiger partial charge in [-0.1, -0.05) is 13.0 Å². The Balaban J connectivity index is 0.000001000. The normalized spacial score (nSPS) is 21.8. The number of nitrogens with zero attached hydrogens (tertiary/aromatic N) is 1. The van der Waals surface area contributed by atoms with E-state index in [0.717, 1.165) is 13.1 Å². The molecule has 66 valence electrons. The van der Waals surface area contributed by atoms with Crippen molar-refractivity contribution in [1.29, 1.82) is 0 Å². The van der Waals surface area contributed by atoms with Crippen molar-refractivity contribution in [3.63, 3.8) is 0 Å². The van der Waals surface area contributed by atoms with Gasteiger partial charge >= 0.3 is 0 Å². The maximum Gasteiger partial charge on any atom is 0.119 e. The molecule has 0 aromatic heterocycles. The first-order chi connectivity index (χ1) is 4.84. The van der Waals surface area contributed by atoms with E-state index in [9.17, 15) is 4.21 Å². The third-order valence-corrected chi connectivity index (χ3v) is 2.87. The zero-order valence-electron chi connectivity index (χ0n) is 6.58. The van der Waals surface area contributed by atoms with Gasteiger partial charge in [-0.15, -0.1) is 0 Å². The molecule has 1 unspecified atom stereocenters. The number of hydrogen-bond acceptors (Lipinski definition) is 1. The summed E-state index contributed by atoms with van der Waals surface area (Å²) in [4.78, 5) is 0. The van der Waals surface area contributed by atoms with Gasteiger partial charge < -0.3 is 5.48 Å². The Morgan fingerprint density at radius 1 is 1.27 bits per heavy atom. The Morgan fingerprint density at radius 3 is 2.27 bits per heavy atom. The van der Waals surface area contributed by atoms with Crippen LogP contribution in [0.25, 0.3) is 0 Å². The van der Waals surface area contributed by atoms with Crippen molar-refractivity contribution in [3.05, 3.63) is 12.0 Å². The zero-order chi connectivity index (χ0) is 7.40. The van der Waals surface area contributed by atoms with Crippen molar-refractivity contribution in [3.8, 4) is 0 Å². The summed E-state index contributed by atoms with van der Waals surface area (Å²) in [7, 11) is -0.916. The lowest BCUT2D eigenvalue weighted by molar-refractivity contribution is 0.368. The Hall–Kier alpha value is -0.190. The molecular formula is C7H15NO2S. The Kier molecular flexibility index (Phi) is 5.36. The molecule has 1 saturated heterocycles. The lowest BCUT2D eigenvalue weighted by Gasteiger charge is -2.23. The van der Waals surface area contributed by atoms with Gasteiger partial charge in [-0.3, -0.25) is 0 Å². The third kappa shape index (κ3) is 3.14. The molecule has 1 atom stereocenters. The first-order valence-electron chi connectivity index (χ1n) is 3.63. The average Bonchev–Trinajstić information content (AvgIpc) is 2.05. The average molecular weight is 177 g/mol. The highest BCUT2D eigenvalue weighted by atomic mass is 32.2. The molecule has 4 heteroatoms. The number of hydrogen-bond donors (Lipinski definition) is 0. The Labute approximate surface area is 70.0 Å². The van der Waals surface area contributed by atoms with Gasteiger partial charge in [0.15, 0.2) is 0 Å². The summed E-state index contributed by atoms with van der Waals surface area (Å²) in [6.45, 7) is 5.44. The molecule has 1 aliphatic rings. The molecule has 0 radical (unpaired) electrons. The van der Waals surface area contributed by atoms with E-state index in [-0.39, 0.29) is 5.48 Å². The van der Waals surface area contributed by atoms with E-state index in [2.05, 4.69) is 6.58 Å². The standard InChI is InChI=1S/C7H13NOS.H2O/c1-2-10(9)8-6-4-3-5-7-8;/h2H,1,3-7H2;1H2. The summed E-state index contributed by atoms with van der Waals surface area (Å²) >= 11 is 0. The minimum atomic E-state index is -0.916. The molecule has 0 bridgehead atoms. The predicted octanol–water partition coefficient (Wildman–Crippen LogP) is 0.455. The van der Waals surface area contributed by atoms with E-state index >= 15 is 0 Å². The highest BCUT2D eigenvalue weighted by molar-refractivity contribution is 7.85. The molecular weight excluding hydrogens is 162 g/mol. The summed E-state index contributed by atoms with van der Waals surface area (Å²) < 4.78 is 13.1. The summed E-state index contributed by atoms with van der Waals surface area (Å²) in [6.07, 6.45) is 3.64. The highest BCUT2D eigenvalue weighted by Gasteiger charge is 2.12. The van der Waals surface area contributed by atoms with Crippen molar-refractivity contribution in [2.45, 2.75) is 19.3 Å². The predicted molar refractivity (Wildman–Crippen MR) is 47.4 cm³/mol. The lowest BCUT2D eigenvalue weighted by atomic mass is 10.2. The van der Waals surface area contributed by atoms with E-state index in [1.165, 1.54) is 24.7 Å². The smallest absolute Gasteiger partial charge is 0.119 e. The van der Waals surface area contributed by atoms with Crippen LogP contribution < -0.4 is 0 Å². The van der Waals surface area contributed by atoms with Crippen LogP contribution in [0.4, 0.5) is 0 Å². The van der Waals surface area contributed by atoms with Crippen molar-refractivity contribution < 1.29 is 9.69 Å². The van der Waals surface area contributed by atoms with Crippen LogP contribution in [0.5, 0.6) is 0 Å². The molecule has 11 heavy (non-hydrogen) atoms. The monoisotopic (exact) mass is 177 g/mol. The fraction of sp³-hybridized carbons (Fsp3) is 0.714. The van der Waals surface area contributed by atoms with Crippen LogP contribution in [0.2, 0.25) is 0 Å². The van der Waals surface area contributed by atoms with Gasteiger partial charge in [-0.2, -0.15) is 0 Å². The van der Waals surface area contributed by atoms with Crippen LogP contribution in [0, 0.1) is 0 Å². The molecule has 3 nitrogen and oxygen atoms in total. The quantitative estimate of drug-likeness (QED) is 0.604. The van der Waals surface area contributed by atoms with Gasteiger partial charge in [0.25, 0.3) is 0 Å². The van der Waals surface area contributed by atoms with Crippen LogP contribution >= 0.6 is 0 Å². The van der Waals surface area contributed by atoms with E-state index in [1.54, 1.807) is 0 Å². The van der Waals surface area contributed by atoms with Crippen LogP contribution in [0.1, 0.15) is 19.3 Å². The number of piperidine rings is 1. The zero-order valence-corrected chi connectivity index (χ0v) is 7.40. The molecule has 0 aromatic rings. The first kappa shape index (κ1) is 10.8. The Bertz CT molecular complexity index is 143. The topological polar surface area (TPSA) is 51.8 Å². The van der Waals surface area contributed by atoms with Crippen molar-refractivity contribution in [2.24, 2.45) is 0 Å². The van der Waals surface area contributed by atoms with Crippen molar-refractivity contribution in [2.75, 3.05) is 13.1 Å². The molecule has 0 aromatic carbocycles. The maximum absolute atomic E-state index is 11.1. The van der Waals surface area contributed by atoms with Crippen molar-refractivity contribution >= 4 is 11.0 Å². The van der Waals surface area contributed by atoms with E-state index in [4.69, 9.17) is 0 Å². The highest BCUT2D eigenvalue weighted by Crippen LogP contribution is 2.10. The molecule has 0 saturated carbocycles. The van der Waals surface area contributed by atoms with Crippen LogP contribution in [0.3, 0.4) is 0 Å². The first-order valence-corrected chi connectivity index (χ1v) is 4.80. The molecule has 0 aliphatic carbocycles. The summed E-state index contributed by atoms with van der Waals surface area (Å²) in [6, 6.07) is 0. The van der Waals surface area contributed by atoms with Crippen LogP contribution in [-0.2, 0) is 11.0 Å². The van der Waals surface area contributed by atoms with Gasteiger partial charge in [0.05, 0.1) is 0 Å². The van der Waals surface area contributed by atoms with Crippen LogP contribution in [0.15, 0.2) is 12.0 Å². The third-order valence-electron chi connectivity index (χ3n) is 1.71. The van der Waals surface area contributed by atoms with Gasteiger partial charge in [0.1, 0.15) is 11.0 Å². The lowest BCUT2D eigenvalue weighted by Crippen LogP contribution is -2.30. The molecule has 2 N–H and O–H groups in total. The fourth-order valence-electron chi connectivity index (χ4n) is 1.15. The minimum absolute atomic E-state index is 0. The van der Waals surface area contributed by atoms with Gasteiger partial charge in [-0.25, -0.2) is 8.51 Å². The fourth-order valence-corrected chi connectivity index (χ4v) is 1.98. The Morgan fingerprint density at radius 2 is 1.82 bits per heavy atom. The molecule has 1 fully saturated rings. The van der Waals surface area contributed by atoms with E-state index < -0.39 is 11.0 Å². The second kappa shape index (κ2) is 5.46. The molecule has 0 amide bonds. The minimum Gasteiger partial charge on any atom is -0.412 e. The van der Waals surface area contributed by atoms with Gasteiger partial charge in [0, 0.05) is 18.5 Å². The second-order valence-electron chi connectivity index (χ2n) is 2.43. The summed E-state index contributed by atoms with van der Waals surface area (Å²) in [5.41, 5.74) is 0. The van der Waals surface area contributed by atoms with Crippen LogP contribution in [-0.4, -0.2) is 27.1 Å². The number of rotatable bonds is 2. The van der Waals surface area contributed by atoms with Crippen molar-refractivity contribution in [1.82, 2.24) is 4.31 Å². The SMILES string of the molecule is C=CS(=O)N1CCCCC1.O. The largest absolute Gasteiger partial charge is 0.412 e. The van der Waals surface area contributed by atoms with E-state index in [1.807, 2.05) is 4.31 Å². The summed E-state index contributed by atoms with van der Waals surface area (Å²) in [5, 5.41) is 1.51. The molecule has 0 spiro atoms. The maximum atomic E-state index is 11.1. The molecule has 1 rings (SSSR count). The van der Waals surface area contributed by atoms with Gasteiger partial charge in [0.2, 0.25) is 0 Å². The summed E-state index contributed by atoms with van der Waals surface area (Å²) in [5.74, 6) is 0. The molecule has 1 aliphatic heterocycles. The van der Waals surface area contributed by atoms with E-state index in [0.29, 0.717) is 0 Å². The molecule has 1 heterocycles.